The van der Waals surface area contributed by atoms with E-state index < -0.39 is 35.8 Å². The topological polar surface area (TPSA) is 122 Å². The predicted octanol–water partition coefficient (Wildman–Crippen LogP) is 0.319. The first-order valence-electron chi connectivity index (χ1n) is 6.84. The second-order valence-electron chi connectivity index (χ2n) is 4.85. The van der Waals surface area contributed by atoms with Crippen LogP contribution in [0.5, 0.6) is 5.75 Å². The quantitative estimate of drug-likeness (QED) is 0.512. The molecule has 124 valence electrons. The maximum atomic E-state index is 12.2. The maximum absolute atomic E-state index is 12.2. The number of hydrogen-bond acceptors (Lipinski definition) is 5. The van der Waals surface area contributed by atoms with Crippen LogP contribution in [0.4, 0.5) is 0 Å². The molecule has 0 unspecified atom stereocenters. The molecule has 23 heavy (non-hydrogen) atoms. The number of aliphatic carboxylic acids is 1. The van der Waals surface area contributed by atoms with Gasteiger partial charge in [-0.2, -0.15) is 0 Å². The van der Waals surface area contributed by atoms with Crippen molar-refractivity contribution in [3.63, 3.8) is 0 Å². The minimum Gasteiger partial charge on any atom is -0.480 e. The first kappa shape index (κ1) is 18.1. The number of ether oxygens (including phenoxy) is 1. The van der Waals surface area contributed by atoms with E-state index in [1.807, 2.05) is 0 Å². The largest absolute Gasteiger partial charge is 0.480 e. The fourth-order valence-corrected chi connectivity index (χ4v) is 1.64. The van der Waals surface area contributed by atoms with Gasteiger partial charge in [0.2, 0.25) is 5.91 Å². The van der Waals surface area contributed by atoms with Crippen LogP contribution in [0, 0.1) is 0 Å². The van der Waals surface area contributed by atoms with Gasteiger partial charge in [-0.05, 0) is 26.0 Å². The van der Waals surface area contributed by atoms with E-state index in [1.54, 1.807) is 12.1 Å². The Balaban J connectivity index is 2.78. The van der Waals surface area contributed by atoms with Gasteiger partial charge in [0.1, 0.15) is 17.8 Å². The molecule has 0 spiro atoms. The fourth-order valence-electron chi connectivity index (χ4n) is 1.64. The number of esters is 1. The lowest BCUT2D eigenvalue weighted by molar-refractivity contribution is -0.141. The van der Waals surface area contributed by atoms with Crippen LogP contribution < -0.4 is 15.4 Å². The standard InChI is InChI=1S/C15H18N2O6/c1-8(13(19)17-9(2)15(21)22)16-14(20)11-6-4-5-7-12(11)23-10(3)18/h4-9H,1-3H3,(H,16,20)(H,17,19)(H,21,22)/t8-,9-/m0/s1. The molecule has 0 radical (unpaired) electrons. The third kappa shape index (κ3) is 5.42. The zero-order valence-corrected chi connectivity index (χ0v) is 13.0. The second-order valence-corrected chi connectivity index (χ2v) is 4.85. The smallest absolute Gasteiger partial charge is 0.325 e. The number of rotatable bonds is 6. The lowest BCUT2D eigenvalue weighted by Gasteiger charge is -2.17. The Morgan fingerprint density at radius 1 is 1.04 bits per heavy atom. The zero-order chi connectivity index (χ0) is 17.6. The molecule has 0 saturated heterocycles. The van der Waals surface area contributed by atoms with Crippen molar-refractivity contribution < 1.29 is 29.0 Å². The first-order valence-corrected chi connectivity index (χ1v) is 6.84. The number of hydrogen-bond donors (Lipinski definition) is 3. The Bertz CT molecular complexity index is 628. The predicted molar refractivity (Wildman–Crippen MR) is 79.9 cm³/mol. The molecule has 0 fully saturated rings. The highest BCUT2D eigenvalue weighted by Crippen LogP contribution is 2.18. The molecule has 8 nitrogen and oxygen atoms in total. The van der Waals surface area contributed by atoms with E-state index in [4.69, 9.17) is 9.84 Å². The minimum absolute atomic E-state index is 0.0732. The molecule has 2 amide bonds. The van der Waals surface area contributed by atoms with Crippen LogP contribution >= 0.6 is 0 Å². The van der Waals surface area contributed by atoms with Crippen molar-refractivity contribution in [2.24, 2.45) is 0 Å². The first-order chi connectivity index (χ1) is 10.7. The molecule has 2 atom stereocenters. The van der Waals surface area contributed by atoms with Gasteiger partial charge in [0.05, 0.1) is 5.56 Å². The number of amides is 2. The number of benzene rings is 1. The lowest BCUT2D eigenvalue weighted by atomic mass is 10.1. The molecule has 0 bridgehead atoms. The third-order valence-corrected chi connectivity index (χ3v) is 2.86. The van der Waals surface area contributed by atoms with E-state index in [0.29, 0.717) is 0 Å². The monoisotopic (exact) mass is 322 g/mol. The van der Waals surface area contributed by atoms with Gasteiger partial charge in [0.25, 0.3) is 5.91 Å². The number of carbonyl (C=O) groups is 4. The summed E-state index contributed by atoms with van der Waals surface area (Å²) in [6.45, 7) is 3.93. The lowest BCUT2D eigenvalue weighted by Crippen LogP contribution is -2.49. The summed E-state index contributed by atoms with van der Waals surface area (Å²) in [5, 5.41) is 13.4. The average molecular weight is 322 g/mol. The molecule has 0 aliphatic rings. The van der Waals surface area contributed by atoms with Crippen molar-refractivity contribution in [2.45, 2.75) is 32.9 Å². The van der Waals surface area contributed by atoms with Gasteiger partial charge in [-0.3, -0.25) is 19.2 Å². The van der Waals surface area contributed by atoms with Crippen molar-refractivity contribution in [2.75, 3.05) is 0 Å². The van der Waals surface area contributed by atoms with E-state index in [9.17, 15) is 19.2 Å². The number of carbonyl (C=O) groups excluding carboxylic acids is 3. The van der Waals surface area contributed by atoms with Crippen molar-refractivity contribution in [1.82, 2.24) is 10.6 Å². The Hall–Kier alpha value is -2.90. The molecule has 0 heterocycles. The molecule has 1 aromatic carbocycles. The van der Waals surface area contributed by atoms with Gasteiger partial charge < -0.3 is 20.5 Å². The van der Waals surface area contributed by atoms with E-state index in [-0.39, 0.29) is 11.3 Å². The Kier molecular flexibility index (Phi) is 6.25. The van der Waals surface area contributed by atoms with Crippen LogP contribution in [0.25, 0.3) is 0 Å². The molecule has 1 aromatic rings. The van der Waals surface area contributed by atoms with Crippen LogP contribution in [0.1, 0.15) is 31.1 Å². The summed E-state index contributed by atoms with van der Waals surface area (Å²) in [4.78, 5) is 45.7. The van der Waals surface area contributed by atoms with Crippen LogP contribution in [-0.4, -0.2) is 40.9 Å². The van der Waals surface area contributed by atoms with E-state index in [2.05, 4.69) is 10.6 Å². The Labute approximate surface area is 132 Å². The number of para-hydroxylation sites is 1. The SMILES string of the molecule is CC(=O)Oc1ccccc1C(=O)N[C@@H](C)C(=O)N[C@@H](C)C(=O)O. The van der Waals surface area contributed by atoms with Gasteiger partial charge in [-0.1, -0.05) is 12.1 Å². The number of nitrogens with one attached hydrogen (secondary N) is 2. The van der Waals surface area contributed by atoms with Gasteiger partial charge >= 0.3 is 11.9 Å². The van der Waals surface area contributed by atoms with Crippen LogP contribution in [0.2, 0.25) is 0 Å². The van der Waals surface area contributed by atoms with E-state index in [0.717, 1.165) is 0 Å². The number of carboxylic acids is 1. The molecular weight excluding hydrogens is 304 g/mol. The average Bonchev–Trinajstić information content (AvgIpc) is 2.46. The van der Waals surface area contributed by atoms with Crippen LogP contribution in [0.3, 0.4) is 0 Å². The Morgan fingerprint density at radius 2 is 1.65 bits per heavy atom. The minimum atomic E-state index is -1.18. The zero-order valence-electron chi connectivity index (χ0n) is 13.0. The van der Waals surface area contributed by atoms with Gasteiger partial charge in [-0.25, -0.2) is 0 Å². The second kappa shape index (κ2) is 7.92. The molecule has 0 aliphatic heterocycles. The molecule has 1 rings (SSSR count). The highest BCUT2D eigenvalue weighted by atomic mass is 16.5. The highest BCUT2D eigenvalue weighted by molar-refractivity contribution is 6.00. The molecule has 3 N–H and O–H groups in total. The van der Waals surface area contributed by atoms with E-state index in [1.165, 1.54) is 32.9 Å². The summed E-state index contributed by atoms with van der Waals surface area (Å²) in [7, 11) is 0. The fraction of sp³-hybridized carbons (Fsp3) is 0.333. The van der Waals surface area contributed by atoms with Crippen molar-refractivity contribution in [1.29, 1.82) is 0 Å². The maximum Gasteiger partial charge on any atom is 0.325 e. The van der Waals surface area contributed by atoms with Gasteiger partial charge in [0.15, 0.2) is 0 Å². The normalized spacial score (nSPS) is 12.7. The molecular formula is C15H18N2O6. The molecule has 0 aliphatic carbocycles. The van der Waals surface area contributed by atoms with Gasteiger partial charge in [0, 0.05) is 6.92 Å². The van der Waals surface area contributed by atoms with Crippen LogP contribution in [-0.2, 0) is 14.4 Å². The van der Waals surface area contributed by atoms with Crippen molar-refractivity contribution in [3.05, 3.63) is 29.8 Å². The number of carboxylic acid groups (broad SMARTS) is 1. The summed E-state index contributed by atoms with van der Waals surface area (Å²) in [6.07, 6.45) is 0. The van der Waals surface area contributed by atoms with Gasteiger partial charge in [-0.15, -0.1) is 0 Å². The van der Waals surface area contributed by atoms with Crippen molar-refractivity contribution in [3.8, 4) is 5.75 Å². The molecule has 0 aromatic heterocycles. The Morgan fingerprint density at radius 3 is 2.22 bits per heavy atom. The summed E-state index contributed by atoms with van der Waals surface area (Å²) in [5.41, 5.74) is 0.0913. The van der Waals surface area contributed by atoms with Crippen LogP contribution in [0.15, 0.2) is 24.3 Å². The van der Waals surface area contributed by atoms with Crippen molar-refractivity contribution >= 4 is 23.8 Å². The summed E-state index contributed by atoms with van der Waals surface area (Å²) in [5.74, 6) is -2.95. The molecule has 0 saturated carbocycles. The highest BCUT2D eigenvalue weighted by Gasteiger charge is 2.22. The van der Waals surface area contributed by atoms with E-state index >= 15 is 0 Å². The summed E-state index contributed by atoms with van der Waals surface area (Å²) >= 11 is 0. The molecule has 8 heteroatoms. The summed E-state index contributed by atoms with van der Waals surface area (Å²) < 4.78 is 4.93. The third-order valence-electron chi connectivity index (χ3n) is 2.86. The summed E-state index contributed by atoms with van der Waals surface area (Å²) in [6, 6.07) is 4.04.